The minimum Gasteiger partial charge on any atom is -0.454 e. The number of rotatable bonds is 6. The normalized spacial score (nSPS) is 12.7. The Morgan fingerprint density at radius 3 is 2.59 bits per heavy atom. The highest BCUT2D eigenvalue weighted by Crippen LogP contribution is 2.33. The molecular weight excluding hydrogens is 398 g/mol. The monoisotopic (exact) mass is 415 g/mol. The van der Waals surface area contributed by atoms with Crippen molar-refractivity contribution in [1.82, 2.24) is 10.2 Å². The third-order valence-electron chi connectivity index (χ3n) is 4.34. The Kier molecular flexibility index (Phi) is 4.93. The predicted molar refractivity (Wildman–Crippen MR) is 102 cm³/mol. The van der Waals surface area contributed by atoms with Crippen LogP contribution in [-0.2, 0) is 16.3 Å². The summed E-state index contributed by atoms with van der Waals surface area (Å²) in [5.74, 6) is 1.17. The largest absolute Gasteiger partial charge is 0.454 e. The van der Waals surface area contributed by atoms with E-state index in [4.69, 9.17) is 13.9 Å². The van der Waals surface area contributed by atoms with Crippen molar-refractivity contribution in [1.29, 1.82) is 0 Å². The fraction of sp³-hybridized carbons (Fsp3) is 0.211. The number of carbonyl (C=O) groups is 1. The van der Waals surface area contributed by atoms with Gasteiger partial charge in [-0.2, -0.15) is 0 Å². The Morgan fingerprint density at radius 2 is 1.83 bits per heavy atom. The number of carbonyl (C=O) groups excluding carboxylic acids is 1. The minimum absolute atomic E-state index is 0.00727. The lowest BCUT2D eigenvalue weighted by Crippen LogP contribution is -2.12. The summed E-state index contributed by atoms with van der Waals surface area (Å²) < 4.78 is 39.8. The maximum Gasteiger partial charge on any atom is 0.322 e. The molecule has 150 valence electrons. The quantitative estimate of drug-likeness (QED) is 0.652. The molecule has 0 atom stereocenters. The Bertz CT molecular complexity index is 1150. The van der Waals surface area contributed by atoms with Gasteiger partial charge in [0.2, 0.25) is 12.7 Å². The second kappa shape index (κ2) is 7.55. The van der Waals surface area contributed by atoms with Crippen LogP contribution in [0.5, 0.6) is 11.5 Å². The first-order valence-electron chi connectivity index (χ1n) is 8.79. The number of nitrogens with zero attached hydrogens (tertiary/aromatic N) is 2. The molecular formula is C19H17N3O6S. The average molecular weight is 415 g/mol. The van der Waals surface area contributed by atoms with E-state index in [2.05, 4.69) is 15.5 Å². The van der Waals surface area contributed by atoms with E-state index in [1.807, 2.05) is 12.1 Å². The highest BCUT2D eigenvalue weighted by molar-refractivity contribution is 7.91. The van der Waals surface area contributed by atoms with Crippen LogP contribution in [0.15, 0.2) is 51.8 Å². The SMILES string of the molecule is CCS(=O)(=O)c1ccc(C(=O)Nc2nnc(Cc3ccc4c(c3)OCO4)o2)cc1. The molecule has 0 saturated heterocycles. The second-order valence-electron chi connectivity index (χ2n) is 6.25. The highest BCUT2D eigenvalue weighted by Gasteiger charge is 2.17. The molecule has 0 fully saturated rings. The fourth-order valence-corrected chi connectivity index (χ4v) is 3.63. The fourth-order valence-electron chi connectivity index (χ4n) is 2.75. The molecule has 1 aliphatic heterocycles. The third kappa shape index (κ3) is 4.06. The number of anilines is 1. The summed E-state index contributed by atoms with van der Waals surface area (Å²) in [6, 6.07) is 11.1. The van der Waals surface area contributed by atoms with Gasteiger partial charge in [-0.3, -0.25) is 10.1 Å². The van der Waals surface area contributed by atoms with E-state index in [9.17, 15) is 13.2 Å². The molecule has 29 heavy (non-hydrogen) atoms. The molecule has 2 aromatic carbocycles. The molecule has 9 nitrogen and oxygen atoms in total. The number of sulfone groups is 1. The van der Waals surface area contributed by atoms with E-state index < -0.39 is 15.7 Å². The van der Waals surface area contributed by atoms with Crippen LogP contribution in [0.3, 0.4) is 0 Å². The van der Waals surface area contributed by atoms with Gasteiger partial charge >= 0.3 is 6.01 Å². The van der Waals surface area contributed by atoms with Crippen molar-refractivity contribution < 1.29 is 27.1 Å². The molecule has 1 aliphatic rings. The zero-order chi connectivity index (χ0) is 20.4. The summed E-state index contributed by atoms with van der Waals surface area (Å²) in [6.45, 7) is 1.76. The molecule has 0 radical (unpaired) electrons. The van der Waals surface area contributed by atoms with Crippen LogP contribution in [-0.4, -0.2) is 37.1 Å². The summed E-state index contributed by atoms with van der Waals surface area (Å²) in [6.07, 6.45) is 0.364. The molecule has 10 heteroatoms. The van der Waals surface area contributed by atoms with Crippen molar-refractivity contribution in [2.75, 3.05) is 17.9 Å². The number of benzene rings is 2. The van der Waals surface area contributed by atoms with Crippen LogP contribution in [0.25, 0.3) is 0 Å². The van der Waals surface area contributed by atoms with Crippen molar-refractivity contribution in [3.05, 3.63) is 59.5 Å². The van der Waals surface area contributed by atoms with Gasteiger partial charge in [0, 0.05) is 5.56 Å². The maximum absolute atomic E-state index is 12.3. The van der Waals surface area contributed by atoms with E-state index >= 15 is 0 Å². The Balaban J connectivity index is 1.41. The van der Waals surface area contributed by atoms with Crippen LogP contribution >= 0.6 is 0 Å². The molecule has 0 spiro atoms. The second-order valence-corrected chi connectivity index (χ2v) is 8.53. The van der Waals surface area contributed by atoms with Crippen molar-refractivity contribution >= 4 is 21.8 Å². The van der Waals surface area contributed by atoms with Crippen molar-refractivity contribution in [2.24, 2.45) is 0 Å². The highest BCUT2D eigenvalue weighted by atomic mass is 32.2. The van der Waals surface area contributed by atoms with Gasteiger partial charge < -0.3 is 13.9 Å². The molecule has 1 aromatic heterocycles. The lowest BCUT2D eigenvalue weighted by molar-refractivity contribution is 0.102. The molecule has 1 N–H and O–H groups in total. The lowest BCUT2D eigenvalue weighted by atomic mass is 10.1. The molecule has 3 aromatic rings. The lowest BCUT2D eigenvalue weighted by Gasteiger charge is -2.03. The maximum atomic E-state index is 12.3. The Morgan fingerprint density at radius 1 is 1.07 bits per heavy atom. The molecule has 0 bridgehead atoms. The van der Waals surface area contributed by atoms with Crippen LogP contribution in [0.1, 0.15) is 28.7 Å². The van der Waals surface area contributed by atoms with Crippen molar-refractivity contribution in [2.45, 2.75) is 18.2 Å². The molecule has 0 unspecified atom stereocenters. The molecule has 1 amide bonds. The van der Waals surface area contributed by atoms with E-state index in [-0.39, 0.29) is 29.0 Å². The van der Waals surface area contributed by atoms with Gasteiger partial charge in [-0.15, -0.1) is 5.10 Å². The van der Waals surface area contributed by atoms with E-state index in [0.717, 1.165) is 5.56 Å². The molecule has 0 saturated carbocycles. The van der Waals surface area contributed by atoms with Gasteiger partial charge in [-0.1, -0.05) is 18.1 Å². The van der Waals surface area contributed by atoms with Crippen molar-refractivity contribution in [3.63, 3.8) is 0 Å². The number of amides is 1. The third-order valence-corrected chi connectivity index (χ3v) is 6.09. The number of ether oxygens (including phenoxy) is 2. The van der Waals surface area contributed by atoms with Crippen LogP contribution in [0.4, 0.5) is 6.01 Å². The molecule has 4 rings (SSSR count). The average Bonchev–Trinajstić information content (AvgIpc) is 3.37. The molecule has 0 aliphatic carbocycles. The first-order chi connectivity index (χ1) is 13.9. The van der Waals surface area contributed by atoms with Gasteiger partial charge in [0.25, 0.3) is 5.91 Å². The predicted octanol–water partition coefficient (Wildman–Crippen LogP) is 2.44. The molecule has 2 heterocycles. The Hall–Kier alpha value is -3.40. The first-order valence-corrected chi connectivity index (χ1v) is 10.4. The number of hydrogen-bond acceptors (Lipinski definition) is 8. The Labute approximate surface area is 166 Å². The zero-order valence-corrected chi connectivity index (χ0v) is 16.2. The summed E-state index contributed by atoms with van der Waals surface area (Å²) in [5, 5.41) is 10.3. The minimum atomic E-state index is -3.32. The van der Waals surface area contributed by atoms with Crippen molar-refractivity contribution in [3.8, 4) is 11.5 Å². The van der Waals surface area contributed by atoms with E-state index in [0.29, 0.717) is 23.8 Å². The van der Waals surface area contributed by atoms with Gasteiger partial charge in [-0.25, -0.2) is 8.42 Å². The number of fused-ring (bicyclic) bond motifs is 1. The summed E-state index contributed by atoms with van der Waals surface area (Å²) in [4.78, 5) is 12.5. The summed E-state index contributed by atoms with van der Waals surface area (Å²) in [5.41, 5.74) is 1.17. The number of hydrogen-bond donors (Lipinski definition) is 1. The van der Waals surface area contributed by atoms with Gasteiger partial charge in [0.1, 0.15) is 0 Å². The number of aromatic nitrogens is 2. The standard InChI is InChI=1S/C19H17N3O6S/c1-2-29(24,25)14-6-4-13(5-7-14)18(23)20-19-22-21-17(28-19)10-12-3-8-15-16(9-12)27-11-26-15/h3-9H,2,10-11H2,1H3,(H,20,22,23). The summed E-state index contributed by atoms with van der Waals surface area (Å²) >= 11 is 0. The van der Waals surface area contributed by atoms with E-state index in [1.165, 1.54) is 24.3 Å². The summed E-state index contributed by atoms with van der Waals surface area (Å²) in [7, 11) is -3.32. The van der Waals surface area contributed by atoms with Crippen LogP contribution in [0, 0.1) is 0 Å². The van der Waals surface area contributed by atoms with Gasteiger partial charge in [-0.05, 0) is 42.0 Å². The zero-order valence-electron chi connectivity index (χ0n) is 15.4. The van der Waals surface area contributed by atoms with Crippen LogP contribution < -0.4 is 14.8 Å². The van der Waals surface area contributed by atoms with Gasteiger partial charge in [0.05, 0.1) is 17.1 Å². The topological polar surface area (TPSA) is 121 Å². The number of nitrogens with one attached hydrogen (secondary N) is 1. The smallest absolute Gasteiger partial charge is 0.322 e. The first kappa shape index (κ1) is 18.9. The van der Waals surface area contributed by atoms with Gasteiger partial charge in [0.15, 0.2) is 21.3 Å². The van der Waals surface area contributed by atoms with E-state index in [1.54, 1.807) is 13.0 Å². The van der Waals surface area contributed by atoms with Crippen LogP contribution in [0.2, 0.25) is 0 Å².